The summed E-state index contributed by atoms with van der Waals surface area (Å²) >= 11 is 0. The molecule has 0 fully saturated rings. The fourth-order valence-corrected chi connectivity index (χ4v) is 1.46. The van der Waals surface area contributed by atoms with Crippen LogP contribution >= 0.6 is 0 Å². The van der Waals surface area contributed by atoms with Gasteiger partial charge in [0, 0.05) is 30.7 Å². The van der Waals surface area contributed by atoms with Crippen LogP contribution in [0, 0.1) is 16.6 Å². The molecule has 0 bridgehead atoms. The smallest absolute Gasteiger partial charge is 0.253 e. The number of halogens is 1. The molecular weight excluding hydrogens is 289 g/mol. The van der Waals surface area contributed by atoms with Crippen molar-refractivity contribution in [2.45, 2.75) is 6.92 Å². The lowest BCUT2D eigenvalue weighted by molar-refractivity contribution is 0.0956. The summed E-state index contributed by atoms with van der Waals surface area (Å²) in [6.45, 7) is 1.76. The number of nitrogens with zero attached hydrogens (tertiary/aromatic N) is 1. The zero-order valence-electron chi connectivity index (χ0n) is 11.9. The normalized spacial score (nSPS) is 11.7. The number of allylic oxidation sites excluding steroid dienone is 2. The van der Waals surface area contributed by atoms with Gasteiger partial charge < -0.3 is 26.6 Å². The van der Waals surface area contributed by atoms with Crippen LogP contribution in [-0.2, 0) is 0 Å². The van der Waals surface area contributed by atoms with Gasteiger partial charge in [-0.25, -0.2) is 9.37 Å². The first-order valence-corrected chi connectivity index (χ1v) is 6.28. The number of aromatic nitrogens is 1. The van der Waals surface area contributed by atoms with Crippen LogP contribution in [0.3, 0.4) is 0 Å². The molecule has 0 radical (unpaired) electrons. The zero-order chi connectivity index (χ0) is 16.5. The number of carbonyl (C=O) groups excluding carboxylic acids is 1. The summed E-state index contributed by atoms with van der Waals surface area (Å²) in [5.74, 6) is -2.38. The maximum absolute atomic E-state index is 13.1. The Morgan fingerprint density at radius 1 is 1.45 bits per heavy atom. The third kappa shape index (κ3) is 4.51. The largest absolute Gasteiger partial charge is 0.491 e. The van der Waals surface area contributed by atoms with Crippen LogP contribution in [0.4, 0.5) is 4.39 Å². The summed E-state index contributed by atoms with van der Waals surface area (Å²) in [4.78, 5) is 15.2. The van der Waals surface area contributed by atoms with Crippen molar-refractivity contribution in [2.24, 2.45) is 0 Å². The van der Waals surface area contributed by atoms with Gasteiger partial charge in [-0.2, -0.15) is 0 Å². The van der Waals surface area contributed by atoms with Crippen molar-refractivity contribution in [2.75, 3.05) is 6.54 Å². The van der Waals surface area contributed by atoms with Gasteiger partial charge in [0.15, 0.2) is 5.82 Å². The Labute approximate surface area is 126 Å². The minimum atomic E-state index is -0.995. The second-order valence-electron chi connectivity index (χ2n) is 4.08. The Balaban J connectivity index is 2.83. The number of rotatable bonds is 7. The predicted octanol–water partition coefficient (Wildman–Crippen LogP) is 1.33. The first-order chi connectivity index (χ1) is 10.5. The number of amides is 1. The fourth-order valence-electron chi connectivity index (χ4n) is 1.46. The lowest BCUT2D eigenvalue weighted by atomic mass is 10.2. The lowest BCUT2D eigenvalue weighted by Crippen LogP contribution is -2.28. The number of nitrogens with one attached hydrogen (secondary N) is 4. The molecule has 7 nitrogen and oxygen atoms in total. The van der Waals surface area contributed by atoms with E-state index in [4.69, 9.17) is 15.9 Å². The monoisotopic (exact) mass is 305 g/mol. The molecule has 1 amide bonds. The number of carbonyl (C=O) groups is 1. The Kier molecular flexibility index (Phi) is 6.42. The quantitative estimate of drug-likeness (QED) is 0.488. The molecule has 0 aromatic carbocycles. The van der Waals surface area contributed by atoms with Crippen LogP contribution in [-0.4, -0.2) is 35.0 Å². The third-order valence-electron chi connectivity index (χ3n) is 2.59. The van der Waals surface area contributed by atoms with E-state index in [1.165, 1.54) is 0 Å². The van der Waals surface area contributed by atoms with Gasteiger partial charge in [-0.15, -0.1) is 0 Å². The summed E-state index contributed by atoms with van der Waals surface area (Å²) in [6.07, 6.45) is 6.37. The minimum absolute atomic E-state index is 0.0277. The highest BCUT2D eigenvalue weighted by Crippen LogP contribution is 2.12. The average Bonchev–Trinajstić information content (AvgIpc) is 2.52. The molecule has 0 saturated heterocycles. The molecule has 0 aliphatic rings. The van der Waals surface area contributed by atoms with Gasteiger partial charge in [0.05, 0.1) is 11.3 Å². The van der Waals surface area contributed by atoms with E-state index in [1.807, 2.05) is 0 Å². The molecule has 116 valence electrons. The first kappa shape index (κ1) is 17.0. The maximum atomic E-state index is 13.1. The molecule has 0 aliphatic carbocycles. The molecule has 0 atom stereocenters. The summed E-state index contributed by atoms with van der Waals surface area (Å²) in [6, 6.07) is 0.862. The number of aromatic hydroxyl groups is 1. The highest BCUT2D eigenvalue weighted by Gasteiger charge is 2.11. The standard InChI is InChI=1S/C14H16FN5O2/c1-2-3-18-12(6-17)10(5-16)8-19-13(21)9-4-11(15)14(22)20-7-9/h2-7,16-18H,8H2,1H3,(H,19,21)(H,20,22)/b3-2-,12-10+,16-5?,17-6?. The van der Waals surface area contributed by atoms with Crippen molar-refractivity contribution in [3.63, 3.8) is 0 Å². The van der Waals surface area contributed by atoms with Crippen molar-refractivity contribution in [3.05, 3.63) is 47.2 Å². The molecule has 1 aromatic heterocycles. The Bertz CT molecular complexity index is 640. The van der Waals surface area contributed by atoms with E-state index in [2.05, 4.69) is 15.6 Å². The molecule has 22 heavy (non-hydrogen) atoms. The molecule has 1 rings (SSSR count). The highest BCUT2D eigenvalue weighted by atomic mass is 19.1. The van der Waals surface area contributed by atoms with Gasteiger partial charge >= 0.3 is 0 Å². The summed E-state index contributed by atoms with van der Waals surface area (Å²) < 4.78 is 13.1. The molecule has 0 aliphatic heterocycles. The summed E-state index contributed by atoms with van der Waals surface area (Å²) in [7, 11) is 0. The number of hydrogen-bond donors (Lipinski definition) is 5. The molecule has 0 unspecified atom stereocenters. The van der Waals surface area contributed by atoms with Crippen molar-refractivity contribution >= 4 is 18.3 Å². The lowest BCUT2D eigenvalue weighted by Gasteiger charge is -2.09. The predicted molar refractivity (Wildman–Crippen MR) is 80.7 cm³/mol. The molecule has 0 spiro atoms. The zero-order valence-corrected chi connectivity index (χ0v) is 11.9. The number of hydrogen-bond acceptors (Lipinski definition) is 6. The van der Waals surface area contributed by atoms with Gasteiger partial charge in [-0.3, -0.25) is 4.79 Å². The minimum Gasteiger partial charge on any atom is -0.491 e. The van der Waals surface area contributed by atoms with E-state index in [0.717, 1.165) is 24.7 Å². The van der Waals surface area contributed by atoms with Gasteiger partial charge in [-0.1, -0.05) is 6.08 Å². The topological polar surface area (TPSA) is 122 Å². The van der Waals surface area contributed by atoms with Crippen molar-refractivity contribution < 1.29 is 14.3 Å². The molecule has 0 saturated carbocycles. The van der Waals surface area contributed by atoms with E-state index in [-0.39, 0.29) is 12.1 Å². The second-order valence-corrected chi connectivity index (χ2v) is 4.08. The molecule has 5 N–H and O–H groups in total. The number of pyridine rings is 1. The van der Waals surface area contributed by atoms with Gasteiger partial charge in [0.25, 0.3) is 5.91 Å². The van der Waals surface area contributed by atoms with E-state index in [1.54, 1.807) is 19.2 Å². The SMILES string of the molecule is C/C=C\N/C(C=N)=C(\C=N)CNC(=O)c1cnc(O)c(F)c1. The van der Waals surface area contributed by atoms with Crippen LogP contribution in [0.25, 0.3) is 0 Å². The molecule has 1 heterocycles. The van der Waals surface area contributed by atoms with E-state index in [9.17, 15) is 9.18 Å². The third-order valence-corrected chi connectivity index (χ3v) is 2.59. The first-order valence-electron chi connectivity index (χ1n) is 6.28. The Morgan fingerprint density at radius 2 is 2.18 bits per heavy atom. The van der Waals surface area contributed by atoms with Crippen molar-refractivity contribution in [1.82, 2.24) is 15.6 Å². The van der Waals surface area contributed by atoms with Crippen LogP contribution in [0.15, 0.2) is 35.8 Å². The average molecular weight is 305 g/mol. The van der Waals surface area contributed by atoms with Gasteiger partial charge in [0.1, 0.15) is 0 Å². The van der Waals surface area contributed by atoms with Crippen molar-refractivity contribution in [3.8, 4) is 5.88 Å². The van der Waals surface area contributed by atoms with E-state index >= 15 is 0 Å². The second kappa shape index (κ2) is 8.30. The molecule has 1 aromatic rings. The maximum Gasteiger partial charge on any atom is 0.253 e. The molecule has 8 heteroatoms. The Morgan fingerprint density at radius 3 is 2.73 bits per heavy atom. The van der Waals surface area contributed by atoms with Crippen LogP contribution in [0.5, 0.6) is 5.88 Å². The summed E-state index contributed by atoms with van der Waals surface area (Å²) in [5.41, 5.74) is 0.662. The van der Waals surface area contributed by atoms with Crippen LogP contribution < -0.4 is 10.6 Å². The highest BCUT2D eigenvalue weighted by molar-refractivity contribution is 5.95. The Hall–Kier alpha value is -3.03. The van der Waals surface area contributed by atoms with E-state index in [0.29, 0.717) is 11.3 Å². The van der Waals surface area contributed by atoms with Gasteiger partial charge in [0.2, 0.25) is 5.88 Å². The van der Waals surface area contributed by atoms with Crippen molar-refractivity contribution in [1.29, 1.82) is 10.8 Å². The van der Waals surface area contributed by atoms with E-state index < -0.39 is 17.6 Å². The van der Waals surface area contributed by atoms with Crippen LogP contribution in [0.2, 0.25) is 0 Å². The summed E-state index contributed by atoms with van der Waals surface area (Å²) in [5, 5.41) is 28.9. The van der Waals surface area contributed by atoms with Gasteiger partial charge in [-0.05, 0) is 19.2 Å². The van der Waals surface area contributed by atoms with Crippen LogP contribution in [0.1, 0.15) is 17.3 Å². The fraction of sp³-hybridized carbons (Fsp3) is 0.143. The molecular formula is C14H16FN5O2.